The maximum absolute atomic E-state index is 13.4. The van der Waals surface area contributed by atoms with Crippen molar-refractivity contribution in [2.75, 3.05) is 62.6 Å². The Balaban J connectivity index is 1.29. The topological polar surface area (TPSA) is 48.1 Å². The summed E-state index contributed by atoms with van der Waals surface area (Å²) < 4.78 is 45.3. The first-order valence-electron chi connectivity index (χ1n) is 12.3. The molecule has 2 aromatic carbocycles. The van der Waals surface area contributed by atoms with E-state index in [1.54, 1.807) is 6.92 Å². The highest BCUT2D eigenvalue weighted by Crippen LogP contribution is 2.45. The summed E-state index contributed by atoms with van der Waals surface area (Å²) in [5, 5.41) is 3.27. The van der Waals surface area contributed by atoms with Crippen molar-refractivity contribution in [3.05, 3.63) is 48.0 Å². The number of unbranched alkanes of at least 4 members (excludes halogenated alkanes) is 1. The summed E-state index contributed by atoms with van der Waals surface area (Å²) in [6.07, 6.45) is -2.13. The number of carbonyl (C=O) groups is 1. The van der Waals surface area contributed by atoms with Crippen LogP contribution in [-0.2, 0) is 15.7 Å². The van der Waals surface area contributed by atoms with Gasteiger partial charge in [0.1, 0.15) is 6.61 Å². The first kappa shape index (κ1) is 25.3. The number of fused-ring (bicyclic) bond motifs is 2. The van der Waals surface area contributed by atoms with Gasteiger partial charge in [-0.3, -0.25) is 9.69 Å². The molecule has 1 saturated heterocycles. The van der Waals surface area contributed by atoms with Gasteiger partial charge in [-0.2, -0.15) is 13.2 Å². The quantitative estimate of drug-likeness (QED) is 0.383. The third-order valence-electron chi connectivity index (χ3n) is 6.61. The van der Waals surface area contributed by atoms with Gasteiger partial charge in [-0.25, -0.2) is 0 Å². The number of hydrogen-bond acceptors (Lipinski definition) is 6. The molecule has 9 heteroatoms. The lowest BCUT2D eigenvalue weighted by atomic mass is 10.1. The molecule has 0 unspecified atom stereocenters. The molecule has 190 valence electrons. The average molecular weight is 491 g/mol. The molecule has 2 aliphatic rings. The Bertz CT molecular complexity index is 1010. The maximum atomic E-state index is 13.4. The van der Waals surface area contributed by atoms with Crippen LogP contribution in [0.25, 0.3) is 0 Å². The number of ether oxygens (including phenoxy) is 1. The second kappa shape index (κ2) is 11.3. The number of carbonyl (C=O) groups excluding carboxylic acids is 1. The Morgan fingerprint density at radius 2 is 1.57 bits per heavy atom. The molecule has 0 amide bonds. The number of para-hydroxylation sites is 2. The molecule has 0 spiro atoms. The van der Waals surface area contributed by atoms with Gasteiger partial charge in [-0.05, 0) is 49.7 Å². The van der Waals surface area contributed by atoms with Crippen molar-refractivity contribution in [2.24, 2.45) is 0 Å². The fraction of sp³-hybridized carbons (Fsp3) is 0.500. The predicted molar refractivity (Wildman–Crippen MR) is 132 cm³/mol. The van der Waals surface area contributed by atoms with E-state index >= 15 is 0 Å². The monoisotopic (exact) mass is 490 g/mol. The van der Waals surface area contributed by atoms with E-state index < -0.39 is 11.7 Å². The van der Waals surface area contributed by atoms with Crippen molar-refractivity contribution in [2.45, 2.75) is 32.4 Å². The molecule has 0 aliphatic carbocycles. The molecule has 2 heterocycles. The van der Waals surface area contributed by atoms with Crippen molar-refractivity contribution in [1.29, 1.82) is 0 Å². The SMILES string of the molecule is CCC(=O)OCCN1CCN(CCCCN2c3ccccc3Nc3ccc(C(F)(F)F)cc32)CC1. The number of rotatable bonds is 9. The molecule has 0 saturated carbocycles. The second-order valence-electron chi connectivity index (χ2n) is 8.99. The Labute approximate surface area is 204 Å². The van der Waals surface area contributed by atoms with Crippen LogP contribution in [0.4, 0.5) is 35.9 Å². The van der Waals surface area contributed by atoms with Gasteiger partial charge >= 0.3 is 12.1 Å². The second-order valence-corrected chi connectivity index (χ2v) is 8.99. The lowest BCUT2D eigenvalue weighted by Gasteiger charge is -2.36. The lowest BCUT2D eigenvalue weighted by molar-refractivity contribution is -0.143. The van der Waals surface area contributed by atoms with Gasteiger partial charge in [0.15, 0.2) is 0 Å². The van der Waals surface area contributed by atoms with E-state index in [0.717, 1.165) is 69.6 Å². The van der Waals surface area contributed by atoms with E-state index in [1.165, 1.54) is 12.1 Å². The van der Waals surface area contributed by atoms with Crippen LogP contribution in [0.2, 0.25) is 0 Å². The number of benzene rings is 2. The van der Waals surface area contributed by atoms with Crippen LogP contribution in [0.15, 0.2) is 42.5 Å². The highest BCUT2D eigenvalue weighted by atomic mass is 19.4. The van der Waals surface area contributed by atoms with E-state index in [4.69, 9.17) is 4.74 Å². The summed E-state index contributed by atoms with van der Waals surface area (Å²) in [5.41, 5.74) is 2.43. The summed E-state index contributed by atoms with van der Waals surface area (Å²) in [6, 6.07) is 11.6. The van der Waals surface area contributed by atoms with E-state index in [1.807, 2.05) is 29.2 Å². The summed E-state index contributed by atoms with van der Waals surface area (Å²) in [6.45, 7) is 8.44. The number of halogens is 3. The average Bonchev–Trinajstić information content (AvgIpc) is 2.85. The Hall–Kier alpha value is -2.78. The molecule has 1 fully saturated rings. The van der Waals surface area contributed by atoms with Crippen LogP contribution in [0.1, 0.15) is 31.7 Å². The standard InChI is InChI=1S/C26H33F3N4O2/c1-2-25(34)35-18-17-32-15-13-31(14-16-32)11-5-6-12-33-23-8-4-3-7-21(23)30-22-10-9-20(19-24(22)33)26(27,28)29/h3-4,7-10,19,30H,2,5-6,11-18H2,1H3. The third kappa shape index (κ3) is 6.46. The Kier molecular flexibility index (Phi) is 8.18. The van der Waals surface area contributed by atoms with Crippen molar-refractivity contribution in [3.8, 4) is 0 Å². The van der Waals surface area contributed by atoms with Gasteiger partial charge in [-0.15, -0.1) is 0 Å². The van der Waals surface area contributed by atoms with E-state index in [9.17, 15) is 18.0 Å². The van der Waals surface area contributed by atoms with Gasteiger partial charge in [-0.1, -0.05) is 19.1 Å². The van der Waals surface area contributed by atoms with Gasteiger partial charge in [0.05, 0.1) is 28.3 Å². The number of hydrogen-bond donors (Lipinski definition) is 1. The fourth-order valence-electron chi connectivity index (χ4n) is 4.60. The molecule has 6 nitrogen and oxygen atoms in total. The van der Waals surface area contributed by atoms with Gasteiger partial charge in [0.2, 0.25) is 0 Å². The molecule has 0 bridgehead atoms. The van der Waals surface area contributed by atoms with E-state index in [-0.39, 0.29) is 5.97 Å². The van der Waals surface area contributed by atoms with Crippen molar-refractivity contribution in [3.63, 3.8) is 0 Å². The fourth-order valence-corrected chi connectivity index (χ4v) is 4.60. The summed E-state index contributed by atoms with van der Waals surface area (Å²) in [4.78, 5) is 18.0. The molecule has 0 atom stereocenters. The zero-order valence-corrected chi connectivity index (χ0v) is 20.1. The summed E-state index contributed by atoms with van der Waals surface area (Å²) in [7, 11) is 0. The molecule has 2 aliphatic heterocycles. The van der Waals surface area contributed by atoms with Crippen LogP contribution in [0, 0.1) is 0 Å². The number of nitrogens with zero attached hydrogens (tertiary/aromatic N) is 3. The lowest BCUT2D eigenvalue weighted by Crippen LogP contribution is -2.47. The molecule has 4 rings (SSSR count). The predicted octanol–water partition coefficient (Wildman–Crippen LogP) is 5.25. The van der Waals surface area contributed by atoms with Crippen LogP contribution < -0.4 is 10.2 Å². The largest absolute Gasteiger partial charge is 0.464 e. The van der Waals surface area contributed by atoms with Crippen LogP contribution >= 0.6 is 0 Å². The van der Waals surface area contributed by atoms with Gasteiger partial charge in [0.25, 0.3) is 0 Å². The van der Waals surface area contributed by atoms with Gasteiger partial charge in [0, 0.05) is 45.7 Å². The molecule has 0 aromatic heterocycles. The van der Waals surface area contributed by atoms with Crippen molar-refractivity contribution < 1.29 is 22.7 Å². The zero-order chi connectivity index (χ0) is 24.8. The third-order valence-corrected chi connectivity index (χ3v) is 6.61. The minimum absolute atomic E-state index is 0.159. The maximum Gasteiger partial charge on any atom is 0.416 e. The molecule has 35 heavy (non-hydrogen) atoms. The van der Waals surface area contributed by atoms with E-state index in [0.29, 0.717) is 30.9 Å². The van der Waals surface area contributed by atoms with E-state index in [2.05, 4.69) is 15.1 Å². The minimum atomic E-state index is -4.38. The number of anilines is 4. The normalized spacial score (nSPS) is 16.4. The van der Waals surface area contributed by atoms with Crippen LogP contribution in [-0.4, -0.2) is 68.2 Å². The number of alkyl halides is 3. The zero-order valence-electron chi connectivity index (χ0n) is 20.1. The Morgan fingerprint density at radius 1 is 0.914 bits per heavy atom. The van der Waals surface area contributed by atoms with Crippen LogP contribution in [0.3, 0.4) is 0 Å². The number of esters is 1. The first-order chi connectivity index (χ1) is 16.8. The molecule has 2 aromatic rings. The first-order valence-corrected chi connectivity index (χ1v) is 12.3. The van der Waals surface area contributed by atoms with Crippen molar-refractivity contribution in [1.82, 2.24) is 9.80 Å². The van der Waals surface area contributed by atoms with Gasteiger partial charge < -0.3 is 19.9 Å². The molecule has 1 N–H and O–H groups in total. The Morgan fingerprint density at radius 3 is 2.29 bits per heavy atom. The molecular formula is C26H33F3N4O2. The number of piperazine rings is 1. The van der Waals surface area contributed by atoms with Crippen molar-refractivity contribution >= 4 is 28.7 Å². The minimum Gasteiger partial charge on any atom is -0.464 e. The molecular weight excluding hydrogens is 457 g/mol. The summed E-state index contributed by atoms with van der Waals surface area (Å²) in [5.74, 6) is -0.159. The highest BCUT2D eigenvalue weighted by Gasteiger charge is 2.33. The van der Waals surface area contributed by atoms with Crippen LogP contribution in [0.5, 0.6) is 0 Å². The summed E-state index contributed by atoms with van der Waals surface area (Å²) >= 11 is 0. The highest BCUT2D eigenvalue weighted by molar-refractivity contribution is 5.91. The molecule has 0 radical (unpaired) electrons. The smallest absolute Gasteiger partial charge is 0.416 e. The number of nitrogens with one attached hydrogen (secondary N) is 1.